The third-order valence-electron chi connectivity index (χ3n) is 1.86. The molecule has 0 saturated carbocycles. The van der Waals surface area contributed by atoms with Crippen molar-refractivity contribution in [2.45, 2.75) is 0 Å². The zero-order valence-electron chi connectivity index (χ0n) is 7.04. The molecule has 0 bridgehead atoms. The Morgan fingerprint density at radius 1 is 1.36 bits per heavy atom. The number of rotatable bonds is 1. The van der Waals surface area contributed by atoms with E-state index in [9.17, 15) is 10.1 Å². The number of aromatic hydroxyl groups is 1. The van der Waals surface area contributed by atoms with E-state index >= 15 is 0 Å². The van der Waals surface area contributed by atoms with E-state index in [1.54, 1.807) is 6.07 Å². The van der Waals surface area contributed by atoms with Gasteiger partial charge in [-0.05, 0) is 12.1 Å². The minimum Gasteiger partial charge on any atom is -0.506 e. The Labute approximate surface area is 78.8 Å². The van der Waals surface area contributed by atoms with Gasteiger partial charge in [0.15, 0.2) is 0 Å². The van der Waals surface area contributed by atoms with Crippen molar-refractivity contribution in [2.24, 2.45) is 0 Å². The fourth-order valence-electron chi connectivity index (χ4n) is 1.22. The second kappa shape index (κ2) is 2.95. The number of hydrogen-bond acceptors (Lipinski definition) is 4. The number of nitrogens with zero attached hydrogens (tertiary/aromatic N) is 2. The molecule has 0 unspecified atom stereocenters. The smallest absolute Gasteiger partial charge is 0.270 e. The average molecular weight is 190 g/mol. The number of nitro benzene ring substituents is 1. The van der Waals surface area contributed by atoms with Crippen LogP contribution >= 0.6 is 0 Å². The van der Waals surface area contributed by atoms with E-state index in [0.717, 1.165) is 0 Å². The van der Waals surface area contributed by atoms with Gasteiger partial charge in [0, 0.05) is 17.5 Å². The van der Waals surface area contributed by atoms with Gasteiger partial charge in [-0.25, -0.2) is 0 Å². The van der Waals surface area contributed by atoms with Crippen molar-refractivity contribution in [3.63, 3.8) is 0 Å². The second-order valence-corrected chi connectivity index (χ2v) is 2.83. The van der Waals surface area contributed by atoms with Gasteiger partial charge in [-0.2, -0.15) is 0 Å². The van der Waals surface area contributed by atoms with Gasteiger partial charge in [0.2, 0.25) is 0 Å². The van der Waals surface area contributed by atoms with Crippen LogP contribution in [0, 0.1) is 10.1 Å². The largest absolute Gasteiger partial charge is 0.506 e. The minimum atomic E-state index is -0.483. The molecule has 0 atom stereocenters. The molecular weight excluding hydrogens is 184 g/mol. The topological polar surface area (TPSA) is 76.3 Å². The summed E-state index contributed by atoms with van der Waals surface area (Å²) in [7, 11) is 0. The van der Waals surface area contributed by atoms with Gasteiger partial charge < -0.3 is 5.11 Å². The predicted octanol–water partition coefficient (Wildman–Crippen LogP) is 1.85. The minimum absolute atomic E-state index is 0.00185. The van der Waals surface area contributed by atoms with Crippen molar-refractivity contribution in [2.75, 3.05) is 0 Å². The van der Waals surface area contributed by atoms with Crippen LogP contribution in [0.4, 0.5) is 5.69 Å². The quantitative estimate of drug-likeness (QED) is 0.549. The zero-order valence-corrected chi connectivity index (χ0v) is 7.04. The Morgan fingerprint density at radius 3 is 2.86 bits per heavy atom. The fourth-order valence-corrected chi connectivity index (χ4v) is 1.22. The van der Waals surface area contributed by atoms with Crippen molar-refractivity contribution in [3.05, 3.63) is 40.6 Å². The van der Waals surface area contributed by atoms with Crippen LogP contribution in [0.25, 0.3) is 10.9 Å². The lowest BCUT2D eigenvalue weighted by atomic mass is 10.2. The van der Waals surface area contributed by atoms with Crippen LogP contribution in [0.3, 0.4) is 0 Å². The summed E-state index contributed by atoms with van der Waals surface area (Å²) in [5.74, 6) is -0.00185. The number of fused-ring (bicyclic) bond motifs is 1. The maximum atomic E-state index is 10.5. The number of benzene rings is 1. The van der Waals surface area contributed by atoms with E-state index in [-0.39, 0.29) is 11.4 Å². The second-order valence-electron chi connectivity index (χ2n) is 2.83. The summed E-state index contributed by atoms with van der Waals surface area (Å²) in [6, 6.07) is 5.75. The van der Waals surface area contributed by atoms with Crippen LogP contribution in [-0.4, -0.2) is 15.0 Å². The molecule has 0 aliphatic heterocycles. The first-order valence-corrected chi connectivity index (χ1v) is 3.90. The molecule has 5 nitrogen and oxygen atoms in total. The molecule has 0 radical (unpaired) electrons. The van der Waals surface area contributed by atoms with E-state index in [2.05, 4.69) is 4.98 Å². The van der Waals surface area contributed by atoms with Crippen molar-refractivity contribution in [1.82, 2.24) is 4.98 Å². The average Bonchev–Trinajstić information content (AvgIpc) is 2.16. The van der Waals surface area contributed by atoms with Gasteiger partial charge in [0.25, 0.3) is 5.69 Å². The Balaban J connectivity index is 2.69. The van der Waals surface area contributed by atoms with Crippen LogP contribution in [0.2, 0.25) is 0 Å². The van der Waals surface area contributed by atoms with Crippen LogP contribution in [0.1, 0.15) is 0 Å². The summed E-state index contributed by atoms with van der Waals surface area (Å²) in [4.78, 5) is 13.9. The Bertz CT molecular complexity index is 510. The van der Waals surface area contributed by atoms with Crippen LogP contribution in [0.5, 0.6) is 5.75 Å². The lowest BCUT2D eigenvalue weighted by Crippen LogP contribution is -1.87. The van der Waals surface area contributed by atoms with Crippen LogP contribution in [0.15, 0.2) is 30.5 Å². The lowest BCUT2D eigenvalue weighted by Gasteiger charge is -1.97. The van der Waals surface area contributed by atoms with Crippen molar-refractivity contribution in [3.8, 4) is 5.75 Å². The molecular formula is C9H6N2O3. The zero-order chi connectivity index (χ0) is 10.1. The molecule has 0 fully saturated rings. The Morgan fingerprint density at radius 2 is 2.14 bits per heavy atom. The molecule has 1 heterocycles. The lowest BCUT2D eigenvalue weighted by molar-refractivity contribution is -0.384. The molecule has 1 aromatic carbocycles. The van der Waals surface area contributed by atoms with E-state index < -0.39 is 4.92 Å². The summed E-state index contributed by atoms with van der Waals surface area (Å²) < 4.78 is 0. The monoisotopic (exact) mass is 190 g/mol. The first kappa shape index (κ1) is 8.43. The number of pyridine rings is 1. The molecule has 0 aliphatic rings. The van der Waals surface area contributed by atoms with Gasteiger partial charge in [0.05, 0.1) is 16.6 Å². The summed E-state index contributed by atoms with van der Waals surface area (Å²) in [5, 5.41) is 20.1. The summed E-state index contributed by atoms with van der Waals surface area (Å²) in [5.41, 5.74) is 0.610. The first-order chi connectivity index (χ1) is 6.66. The van der Waals surface area contributed by atoms with E-state index in [1.165, 1.54) is 24.4 Å². The highest BCUT2D eigenvalue weighted by Gasteiger charge is 2.06. The van der Waals surface area contributed by atoms with Crippen molar-refractivity contribution in [1.29, 1.82) is 0 Å². The summed E-state index contributed by atoms with van der Waals surface area (Å²) >= 11 is 0. The molecule has 5 heteroatoms. The fraction of sp³-hybridized carbons (Fsp3) is 0. The molecule has 0 aliphatic carbocycles. The SMILES string of the molecule is O=[N+]([O-])c1ccc2ncc(O)cc2c1. The maximum Gasteiger partial charge on any atom is 0.270 e. The molecule has 0 saturated heterocycles. The van der Waals surface area contributed by atoms with Crippen LogP contribution < -0.4 is 0 Å². The maximum absolute atomic E-state index is 10.5. The molecule has 1 aromatic heterocycles. The number of non-ortho nitro benzene ring substituents is 1. The molecule has 1 N–H and O–H groups in total. The number of nitro groups is 1. The third-order valence-corrected chi connectivity index (χ3v) is 1.86. The van der Waals surface area contributed by atoms with Crippen LogP contribution in [-0.2, 0) is 0 Å². The summed E-state index contributed by atoms with van der Waals surface area (Å²) in [6.45, 7) is 0. The molecule has 70 valence electrons. The highest BCUT2D eigenvalue weighted by Crippen LogP contribution is 2.21. The van der Waals surface area contributed by atoms with Gasteiger partial charge in [-0.15, -0.1) is 0 Å². The third kappa shape index (κ3) is 1.35. The molecule has 0 spiro atoms. The van der Waals surface area contributed by atoms with Gasteiger partial charge >= 0.3 is 0 Å². The summed E-state index contributed by atoms with van der Waals surface area (Å²) in [6.07, 6.45) is 1.30. The highest BCUT2D eigenvalue weighted by atomic mass is 16.6. The molecule has 14 heavy (non-hydrogen) atoms. The number of hydrogen-bond donors (Lipinski definition) is 1. The van der Waals surface area contributed by atoms with Gasteiger partial charge in [0.1, 0.15) is 5.75 Å². The van der Waals surface area contributed by atoms with Crippen molar-refractivity contribution >= 4 is 16.6 Å². The first-order valence-electron chi connectivity index (χ1n) is 3.90. The predicted molar refractivity (Wildman–Crippen MR) is 50.1 cm³/mol. The number of aromatic nitrogens is 1. The molecule has 2 aromatic rings. The Kier molecular flexibility index (Phi) is 1.78. The van der Waals surface area contributed by atoms with Crippen molar-refractivity contribution < 1.29 is 10.0 Å². The van der Waals surface area contributed by atoms with E-state index in [4.69, 9.17) is 5.11 Å². The van der Waals surface area contributed by atoms with Gasteiger partial charge in [-0.1, -0.05) is 0 Å². The molecule has 2 rings (SSSR count). The Hall–Kier alpha value is -2.17. The standard InChI is InChI=1S/C9H6N2O3/c12-8-4-6-3-7(11(13)14)1-2-9(6)10-5-8/h1-5,12H. The van der Waals surface area contributed by atoms with E-state index in [0.29, 0.717) is 10.9 Å². The van der Waals surface area contributed by atoms with Gasteiger partial charge in [-0.3, -0.25) is 15.1 Å². The highest BCUT2D eigenvalue weighted by molar-refractivity contribution is 5.81. The normalized spacial score (nSPS) is 10.3. The molecule has 0 amide bonds. The van der Waals surface area contributed by atoms with E-state index in [1.807, 2.05) is 0 Å².